The van der Waals surface area contributed by atoms with Crippen molar-refractivity contribution in [1.82, 2.24) is 0 Å². The second kappa shape index (κ2) is 12.3. The predicted molar refractivity (Wildman–Crippen MR) is 120 cm³/mol. The number of carbonyl (C=O) groups is 2. The van der Waals surface area contributed by atoms with Crippen LogP contribution in [0.25, 0.3) is 0 Å². The molecule has 36 heavy (non-hydrogen) atoms. The van der Waals surface area contributed by atoms with Gasteiger partial charge in [0.1, 0.15) is 48.8 Å². The first-order valence-electron chi connectivity index (χ1n) is 11.4. The summed E-state index contributed by atoms with van der Waals surface area (Å²) < 4.78 is 10.6. The second-order valence-electron chi connectivity index (χ2n) is 8.82. The summed E-state index contributed by atoms with van der Waals surface area (Å²) in [5.41, 5.74) is 0.688. The number of anilines is 2. The fourth-order valence-corrected chi connectivity index (χ4v) is 4.12. The lowest BCUT2D eigenvalue weighted by molar-refractivity contribution is -0.229. The van der Waals surface area contributed by atoms with E-state index in [9.17, 15) is 50.4 Å². The van der Waals surface area contributed by atoms with Gasteiger partial charge in [-0.1, -0.05) is 0 Å². The summed E-state index contributed by atoms with van der Waals surface area (Å²) in [6, 6.07) is 5.92. The number of nitrogens with one attached hydrogen (secondary N) is 2. The van der Waals surface area contributed by atoms with Gasteiger partial charge in [-0.05, 0) is 24.3 Å². The van der Waals surface area contributed by atoms with Crippen LogP contribution in [0.3, 0.4) is 0 Å². The van der Waals surface area contributed by atoms with E-state index >= 15 is 0 Å². The highest BCUT2D eigenvalue weighted by molar-refractivity contribution is 5.93. The number of amides is 2. The maximum Gasteiger partial charge on any atom is 0.227 e. The molecule has 14 heteroatoms. The normalized spacial score (nSPS) is 36.8. The van der Waals surface area contributed by atoms with E-state index in [0.717, 1.165) is 0 Å². The molecule has 0 spiro atoms. The molecule has 2 heterocycles. The minimum Gasteiger partial charge on any atom is -0.394 e. The molecule has 2 saturated heterocycles. The summed E-state index contributed by atoms with van der Waals surface area (Å²) >= 11 is 0. The second-order valence-corrected chi connectivity index (χ2v) is 8.82. The van der Waals surface area contributed by atoms with E-state index in [1.165, 1.54) is 24.3 Å². The third-order valence-corrected chi connectivity index (χ3v) is 6.21. The van der Waals surface area contributed by atoms with Crippen molar-refractivity contribution in [3.05, 3.63) is 24.3 Å². The lowest BCUT2D eigenvalue weighted by Gasteiger charge is -2.39. The molecule has 2 amide bonds. The summed E-state index contributed by atoms with van der Waals surface area (Å²) in [6.07, 6.45) is -14.5. The maximum absolute atomic E-state index is 12.4. The average molecular weight is 517 g/mol. The van der Waals surface area contributed by atoms with E-state index in [1.54, 1.807) is 0 Å². The summed E-state index contributed by atoms with van der Waals surface area (Å²) in [4.78, 5) is 24.7. The number of benzene rings is 1. The Kier molecular flexibility index (Phi) is 9.71. The van der Waals surface area contributed by atoms with E-state index in [4.69, 9.17) is 9.47 Å². The van der Waals surface area contributed by atoms with Crippen LogP contribution < -0.4 is 10.6 Å². The van der Waals surface area contributed by atoms with Crippen molar-refractivity contribution in [3.8, 4) is 0 Å². The summed E-state index contributed by atoms with van der Waals surface area (Å²) in [5.74, 6) is -1.14. The summed E-state index contributed by atoms with van der Waals surface area (Å²) in [6.45, 7) is -1.21. The lowest BCUT2D eigenvalue weighted by Crippen LogP contribution is -2.59. The molecule has 10 atom stereocenters. The SMILES string of the molecule is O=C(CC1OC(CO)C(O)C(O)C1O)Nc1ccc(NC(=O)CC2OC(CO)C(O)C(O)C2O)cc1. The third-order valence-electron chi connectivity index (χ3n) is 6.21. The molecule has 2 aliphatic rings. The van der Waals surface area contributed by atoms with E-state index in [0.29, 0.717) is 11.4 Å². The monoisotopic (exact) mass is 516 g/mol. The number of aliphatic hydroxyl groups excluding tert-OH is 8. The van der Waals surface area contributed by atoms with Gasteiger partial charge in [0, 0.05) is 11.4 Å². The fraction of sp³-hybridized carbons (Fsp3) is 0.636. The quantitative estimate of drug-likeness (QED) is 0.159. The van der Waals surface area contributed by atoms with Crippen molar-refractivity contribution in [2.45, 2.75) is 73.9 Å². The zero-order chi connectivity index (χ0) is 26.6. The zero-order valence-electron chi connectivity index (χ0n) is 19.1. The molecule has 0 aliphatic carbocycles. The highest BCUT2D eigenvalue weighted by Gasteiger charge is 2.45. The Morgan fingerprint density at radius 3 is 1.19 bits per heavy atom. The topological polar surface area (TPSA) is 238 Å². The standard InChI is InChI=1S/C22H32N2O12/c25-7-13-19(31)21(33)17(29)11(35-13)5-15(27)23-9-1-2-10(4-3-9)24-16(28)6-12-18(30)22(34)20(32)14(8-26)36-12/h1-4,11-14,17-22,25-26,29-34H,5-8H2,(H,23,27)(H,24,28). The average Bonchev–Trinajstić information content (AvgIpc) is 2.85. The molecule has 202 valence electrons. The van der Waals surface area contributed by atoms with Gasteiger partial charge in [-0.15, -0.1) is 0 Å². The van der Waals surface area contributed by atoms with Crippen LogP contribution in [-0.2, 0) is 19.1 Å². The molecule has 0 radical (unpaired) electrons. The summed E-state index contributed by atoms with van der Waals surface area (Å²) in [5, 5.41) is 83.0. The van der Waals surface area contributed by atoms with Crippen LogP contribution in [0.1, 0.15) is 12.8 Å². The van der Waals surface area contributed by atoms with Crippen LogP contribution in [0.4, 0.5) is 11.4 Å². The Hall–Kier alpha value is -2.24. The van der Waals surface area contributed by atoms with Crippen LogP contribution in [0, 0.1) is 0 Å². The van der Waals surface area contributed by atoms with E-state index < -0.39 is 86.1 Å². The molecule has 10 unspecified atom stereocenters. The Bertz CT molecular complexity index is 811. The van der Waals surface area contributed by atoms with Gasteiger partial charge < -0.3 is 61.0 Å². The smallest absolute Gasteiger partial charge is 0.227 e. The van der Waals surface area contributed by atoms with Gasteiger partial charge >= 0.3 is 0 Å². The zero-order valence-corrected chi connectivity index (χ0v) is 19.1. The largest absolute Gasteiger partial charge is 0.394 e. The Labute approximate surface area is 205 Å². The Balaban J connectivity index is 1.50. The van der Waals surface area contributed by atoms with Crippen LogP contribution in [-0.4, -0.2) is 127 Å². The summed E-state index contributed by atoms with van der Waals surface area (Å²) in [7, 11) is 0. The maximum atomic E-state index is 12.4. The predicted octanol–water partition coefficient (Wildman–Crippen LogP) is -3.97. The van der Waals surface area contributed by atoms with Crippen molar-refractivity contribution in [2.24, 2.45) is 0 Å². The van der Waals surface area contributed by atoms with Gasteiger partial charge in [0.15, 0.2) is 0 Å². The van der Waals surface area contributed by atoms with Crippen LogP contribution in [0.2, 0.25) is 0 Å². The van der Waals surface area contributed by atoms with Gasteiger partial charge in [0.2, 0.25) is 11.8 Å². The van der Waals surface area contributed by atoms with Gasteiger partial charge in [0.25, 0.3) is 0 Å². The molecule has 0 saturated carbocycles. The van der Waals surface area contributed by atoms with Gasteiger partial charge in [0.05, 0.1) is 38.3 Å². The third kappa shape index (κ3) is 6.54. The molecule has 0 bridgehead atoms. The van der Waals surface area contributed by atoms with Crippen molar-refractivity contribution >= 4 is 23.2 Å². The Morgan fingerprint density at radius 2 is 0.889 bits per heavy atom. The van der Waals surface area contributed by atoms with Crippen molar-refractivity contribution in [3.63, 3.8) is 0 Å². The molecular weight excluding hydrogens is 484 g/mol. The van der Waals surface area contributed by atoms with Gasteiger partial charge in [-0.2, -0.15) is 0 Å². The van der Waals surface area contributed by atoms with Crippen molar-refractivity contribution in [1.29, 1.82) is 0 Å². The van der Waals surface area contributed by atoms with Crippen LogP contribution >= 0.6 is 0 Å². The number of hydrogen-bond donors (Lipinski definition) is 10. The van der Waals surface area contributed by atoms with Gasteiger partial charge in [-0.25, -0.2) is 0 Å². The minimum absolute atomic E-state index is 0.344. The molecule has 3 rings (SSSR count). The molecule has 1 aromatic rings. The number of aliphatic hydroxyl groups is 8. The molecular formula is C22H32N2O12. The molecule has 2 fully saturated rings. The number of rotatable bonds is 8. The van der Waals surface area contributed by atoms with Crippen molar-refractivity contribution in [2.75, 3.05) is 23.8 Å². The number of carbonyl (C=O) groups excluding carboxylic acids is 2. The van der Waals surface area contributed by atoms with E-state index in [1.807, 2.05) is 0 Å². The first kappa shape index (κ1) is 28.3. The Morgan fingerprint density at radius 1 is 0.583 bits per heavy atom. The number of hydrogen-bond acceptors (Lipinski definition) is 12. The molecule has 10 N–H and O–H groups in total. The van der Waals surface area contributed by atoms with Gasteiger partial charge in [-0.3, -0.25) is 9.59 Å². The van der Waals surface area contributed by atoms with E-state index in [2.05, 4.69) is 10.6 Å². The lowest BCUT2D eigenvalue weighted by atomic mass is 9.93. The fourth-order valence-electron chi connectivity index (χ4n) is 4.12. The number of ether oxygens (including phenoxy) is 2. The van der Waals surface area contributed by atoms with Crippen LogP contribution in [0.15, 0.2) is 24.3 Å². The van der Waals surface area contributed by atoms with Crippen molar-refractivity contribution < 1.29 is 59.9 Å². The molecule has 14 nitrogen and oxygen atoms in total. The van der Waals surface area contributed by atoms with E-state index in [-0.39, 0.29) is 12.8 Å². The highest BCUT2D eigenvalue weighted by atomic mass is 16.6. The molecule has 1 aromatic carbocycles. The first-order chi connectivity index (χ1) is 17.0. The highest BCUT2D eigenvalue weighted by Crippen LogP contribution is 2.25. The van der Waals surface area contributed by atoms with Crippen LogP contribution in [0.5, 0.6) is 0 Å². The molecule has 2 aliphatic heterocycles. The minimum atomic E-state index is -1.58. The first-order valence-corrected chi connectivity index (χ1v) is 11.4. The molecule has 0 aromatic heterocycles.